The highest BCUT2D eigenvalue weighted by Crippen LogP contribution is 2.67. The van der Waals surface area contributed by atoms with E-state index in [1.165, 1.54) is 31.3 Å². The molecule has 0 aromatic heterocycles. The van der Waals surface area contributed by atoms with Crippen molar-refractivity contribution in [3.63, 3.8) is 0 Å². The van der Waals surface area contributed by atoms with Crippen LogP contribution < -0.4 is 0 Å². The molecular formula is C30H46F3NO3. The highest BCUT2D eigenvalue weighted by molar-refractivity contribution is 5.76. The van der Waals surface area contributed by atoms with Crippen molar-refractivity contribution < 1.29 is 27.8 Å². The number of carbonyl (C=O) groups is 1. The molecule has 1 unspecified atom stereocenters. The molecule has 210 valence electrons. The van der Waals surface area contributed by atoms with Crippen molar-refractivity contribution in [1.29, 1.82) is 0 Å². The Morgan fingerprint density at radius 2 is 1.84 bits per heavy atom. The van der Waals surface area contributed by atoms with E-state index in [1.54, 1.807) is 4.90 Å². The van der Waals surface area contributed by atoms with E-state index in [2.05, 4.69) is 31.6 Å². The molecule has 4 nitrogen and oxygen atoms in total. The van der Waals surface area contributed by atoms with Crippen LogP contribution >= 0.6 is 0 Å². The quantitative estimate of drug-likeness (QED) is 0.399. The van der Waals surface area contributed by atoms with E-state index in [0.717, 1.165) is 49.9 Å². The summed E-state index contributed by atoms with van der Waals surface area (Å²) in [7, 11) is 0. The van der Waals surface area contributed by atoms with Gasteiger partial charge in [0.15, 0.2) is 0 Å². The summed E-state index contributed by atoms with van der Waals surface area (Å²) < 4.78 is 41.6. The van der Waals surface area contributed by atoms with Gasteiger partial charge in [-0.1, -0.05) is 32.4 Å². The van der Waals surface area contributed by atoms with Crippen LogP contribution in [0, 0.1) is 40.4 Å². The van der Waals surface area contributed by atoms with Crippen LogP contribution in [0.15, 0.2) is 11.6 Å². The summed E-state index contributed by atoms with van der Waals surface area (Å²) in [4.78, 5) is 14.6. The minimum atomic E-state index is -4.60. The average molecular weight is 526 g/mol. The summed E-state index contributed by atoms with van der Waals surface area (Å²) in [5.41, 5.74) is 2.11. The third kappa shape index (κ3) is 5.25. The summed E-state index contributed by atoms with van der Waals surface area (Å²) in [6.45, 7) is 8.03. The number of hydrogen-bond acceptors (Lipinski definition) is 3. The predicted octanol–water partition coefficient (Wildman–Crippen LogP) is 6.87. The first-order chi connectivity index (χ1) is 17.4. The van der Waals surface area contributed by atoms with Gasteiger partial charge in [0, 0.05) is 19.5 Å². The number of piperidine rings is 1. The zero-order chi connectivity index (χ0) is 26.6. The first-order valence-electron chi connectivity index (χ1n) is 14.8. The Labute approximate surface area is 220 Å². The molecule has 4 aliphatic carbocycles. The maximum absolute atomic E-state index is 12.9. The lowest BCUT2D eigenvalue weighted by Crippen LogP contribution is -2.50. The van der Waals surface area contributed by atoms with Crippen LogP contribution in [0.3, 0.4) is 0 Å². The van der Waals surface area contributed by atoms with Crippen LogP contribution in [0.25, 0.3) is 0 Å². The third-order valence-electron chi connectivity index (χ3n) is 11.7. The molecule has 5 rings (SSSR count). The highest BCUT2D eigenvalue weighted by atomic mass is 19.4. The molecule has 4 fully saturated rings. The molecule has 1 N–H and O–H groups in total. The fraction of sp³-hybridized carbons (Fsp3) is 0.900. The number of alkyl halides is 3. The number of ether oxygens (including phenoxy) is 1. The van der Waals surface area contributed by atoms with Gasteiger partial charge in [0.25, 0.3) is 0 Å². The van der Waals surface area contributed by atoms with E-state index >= 15 is 0 Å². The second-order valence-electron chi connectivity index (χ2n) is 13.5. The van der Waals surface area contributed by atoms with Crippen LogP contribution in [-0.4, -0.2) is 47.6 Å². The number of allylic oxidation sites excluding steroid dienone is 1. The Kier molecular flexibility index (Phi) is 7.54. The maximum Gasteiger partial charge on any atom is 0.522 e. The number of aliphatic hydroxyl groups is 1. The topological polar surface area (TPSA) is 49.8 Å². The molecule has 1 amide bonds. The lowest BCUT2D eigenvalue weighted by molar-refractivity contribution is -0.345. The molecule has 1 saturated heterocycles. The number of rotatable bonds is 5. The van der Waals surface area contributed by atoms with Gasteiger partial charge in [-0.15, -0.1) is 13.2 Å². The monoisotopic (exact) mass is 525 g/mol. The van der Waals surface area contributed by atoms with E-state index < -0.39 is 12.5 Å². The van der Waals surface area contributed by atoms with E-state index in [1.807, 2.05) is 0 Å². The Morgan fingerprint density at radius 1 is 1.11 bits per heavy atom. The summed E-state index contributed by atoms with van der Waals surface area (Å²) in [6, 6.07) is 0. The van der Waals surface area contributed by atoms with Crippen LogP contribution in [0.5, 0.6) is 0 Å². The standard InChI is InChI=1S/C30H46F3NO3/c1-19(4-9-27(36)34-16-12-22(13-17-34)37-30(31,32)33)24-7-8-25-23-6-5-20-18-21(35)10-14-28(20,2)26(23)11-15-29(24,25)3/h5,19,21-26,35H,4,6-18H2,1-3H3/t19?,21-,23-,24+,25-,26-,28-,29+/m0/s1. The summed E-state index contributed by atoms with van der Waals surface area (Å²) in [6.07, 6.45) is 7.88. The van der Waals surface area contributed by atoms with Crippen LogP contribution in [0.2, 0.25) is 0 Å². The second-order valence-corrected chi connectivity index (χ2v) is 13.5. The fourth-order valence-corrected chi connectivity index (χ4v) is 9.74. The minimum Gasteiger partial charge on any atom is -0.393 e. The molecule has 7 heteroatoms. The van der Waals surface area contributed by atoms with Gasteiger partial charge in [-0.2, -0.15) is 0 Å². The van der Waals surface area contributed by atoms with Crippen molar-refractivity contribution in [3.8, 4) is 0 Å². The number of halogens is 3. The number of hydrogen-bond donors (Lipinski definition) is 1. The lowest BCUT2D eigenvalue weighted by Gasteiger charge is -2.58. The van der Waals surface area contributed by atoms with Gasteiger partial charge in [-0.3, -0.25) is 9.53 Å². The Hall–Kier alpha value is -1.08. The van der Waals surface area contributed by atoms with Crippen LogP contribution in [-0.2, 0) is 9.53 Å². The molecule has 0 spiro atoms. The molecule has 5 aliphatic rings. The number of carbonyl (C=O) groups excluding carboxylic acids is 1. The fourth-order valence-electron chi connectivity index (χ4n) is 9.74. The van der Waals surface area contributed by atoms with Crippen molar-refractivity contribution >= 4 is 5.91 Å². The summed E-state index contributed by atoms with van der Waals surface area (Å²) >= 11 is 0. The largest absolute Gasteiger partial charge is 0.522 e. The Bertz CT molecular complexity index is 882. The van der Waals surface area contributed by atoms with Gasteiger partial charge in [0.2, 0.25) is 5.91 Å². The normalized spacial score (nSPS) is 41.4. The smallest absolute Gasteiger partial charge is 0.393 e. The SMILES string of the molecule is CC(CCC(=O)N1CCC(OC(F)(F)F)CC1)[C@H]1CC[C@H]2[C@@H]3CC=C4C[C@@H](O)CC[C@]4(C)[C@H]3CC[C@]12C. The number of fused-ring (bicyclic) bond motifs is 5. The molecule has 0 aromatic rings. The lowest BCUT2D eigenvalue weighted by atomic mass is 9.47. The molecule has 8 atom stereocenters. The molecular weight excluding hydrogens is 479 g/mol. The van der Waals surface area contributed by atoms with Crippen molar-refractivity contribution in [1.82, 2.24) is 4.90 Å². The van der Waals surface area contributed by atoms with Gasteiger partial charge in [0.1, 0.15) is 0 Å². The van der Waals surface area contributed by atoms with E-state index in [0.29, 0.717) is 36.8 Å². The first kappa shape index (κ1) is 27.5. The van der Waals surface area contributed by atoms with Crippen molar-refractivity contribution in [2.24, 2.45) is 40.4 Å². The van der Waals surface area contributed by atoms with Crippen molar-refractivity contribution in [2.75, 3.05) is 13.1 Å². The molecule has 1 heterocycles. The number of aliphatic hydroxyl groups excluding tert-OH is 1. The Balaban J connectivity index is 1.16. The summed E-state index contributed by atoms with van der Waals surface area (Å²) in [5, 5.41) is 10.3. The molecule has 1 aliphatic heterocycles. The van der Waals surface area contributed by atoms with Crippen molar-refractivity contribution in [2.45, 2.75) is 116 Å². The number of amides is 1. The van der Waals surface area contributed by atoms with Gasteiger partial charge < -0.3 is 10.0 Å². The second kappa shape index (κ2) is 10.1. The number of nitrogens with zero attached hydrogens (tertiary/aromatic N) is 1. The third-order valence-corrected chi connectivity index (χ3v) is 11.7. The molecule has 0 bridgehead atoms. The molecule has 3 saturated carbocycles. The van der Waals surface area contributed by atoms with E-state index in [-0.39, 0.29) is 30.3 Å². The van der Waals surface area contributed by atoms with Gasteiger partial charge >= 0.3 is 6.36 Å². The van der Waals surface area contributed by atoms with Crippen LogP contribution in [0.1, 0.15) is 97.8 Å². The first-order valence-corrected chi connectivity index (χ1v) is 14.8. The maximum atomic E-state index is 12.9. The van der Waals surface area contributed by atoms with Gasteiger partial charge in [-0.05, 0) is 111 Å². The zero-order valence-corrected chi connectivity index (χ0v) is 22.9. The van der Waals surface area contributed by atoms with E-state index in [9.17, 15) is 23.1 Å². The van der Waals surface area contributed by atoms with Gasteiger partial charge in [-0.25, -0.2) is 0 Å². The molecule has 0 aromatic carbocycles. The zero-order valence-electron chi connectivity index (χ0n) is 22.9. The Morgan fingerprint density at radius 3 is 2.54 bits per heavy atom. The molecule has 0 radical (unpaired) electrons. The van der Waals surface area contributed by atoms with Crippen molar-refractivity contribution in [3.05, 3.63) is 11.6 Å². The van der Waals surface area contributed by atoms with E-state index in [4.69, 9.17) is 0 Å². The average Bonchev–Trinajstić information content (AvgIpc) is 3.19. The highest BCUT2D eigenvalue weighted by Gasteiger charge is 2.59. The molecule has 37 heavy (non-hydrogen) atoms. The summed E-state index contributed by atoms with van der Waals surface area (Å²) in [5.74, 6) is 3.39. The predicted molar refractivity (Wildman–Crippen MR) is 136 cm³/mol. The minimum absolute atomic E-state index is 0.0816. The van der Waals surface area contributed by atoms with Gasteiger partial charge in [0.05, 0.1) is 12.2 Å². The van der Waals surface area contributed by atoms with Crippen LogP contribution in [0.4, 0.5) is 13.2 Å². The number of likely N-dealkylation sites (tertiary alicyclic amines) is 1.